The van der Waals surface area contributed by atoms with Crippen molar-refractivity contribution in [1.29, 1.82) is 0 Å². The largest absolute Gasteiger partial charge is 0.385 e. The van der Waals surface area contributed by atoms with Crippen molar-refractivity contribution in [3.05, 3.63) is 29.3 Å². The topological polar surface area (TPSA) is 49.4 Å². The van der Waals surface area contributed by atoms with Crippen LogP contribution in [0, 0.1) is 5.92 Å². The maximum atomic E-state index is 11.7. The number of benzene rings is 1. The summed E-state index contributed by atoms with van der Waals surface area (Å²) in [6, 6.07) is 6.53. The molecule has 116 valence electrons. The first-order valence-corrected chi connectivity index (χ1v) is 9.68. The van der Waals surface area contributed by atoms with Crippen LogP contribution in [0.2, 0.25) is 0 Å². The Bertz CT molecular complexity index is 613. The van der Waals surface area contributed by atoms with Gasteiger partial charge in [0.25, 0.3) is 0 Å². The van der Waals surface area contributed by atoms with Crippen LogP contribution in [0.5, 0.6) is 0 Å². The first kappa shape index (κ1) is 14.9. The summed E-state index contributed by atoms with van der Waals surface area (Å²) in [6.45, 7) is 2.40. The molecule has 1 aromatic rings. The molecule has 1 fully saturated rings. The zero-order chi connectivity index (χ0) is 14.9. The van der Waals surface area contributed by atoms with Crippen LogP contribution < -0.4 is 5.32 Å². The third-order valence-corrected chi connectivity index (χ3v) is 5.89. The Morgan fingerprint density at radius 2 is 2.19 bits per heavy atom. The average Bonchev–Trinajstić information content (AvgIpc) is 2.47. The van der Waals surface area contributed by atoms with Gasteiger partial charge in [0, 0.05) is 25.3 Å². The second kappa shape index (κ2) is 5.97. The first-order valence-electron chi connectivity index (χ1n) is 7.84. The Morgan fingerprint density at radius 1 is 1.33 bits per heavy atom. The number of piperidine rings is 1. The number of aryl methyl sites for hydroxylation is 1. The fraction of sp³-hybridized carbons (Fsp3) is 0.625. The molecule has 5 heteroatoms. The zero-order valence-electron chi connectivity index (χ0n) is 12.6. The van der Waals surface area contributed by atoms with Gasteiger partial charge in [-0.25, -0.2) is 12.7 Å². The van der Waals surface area contributed by atoms with Gasteiger partial charge in [-0.1, -0.05) is 18.2 Å². The number of hydrogen-bond donors (Lipinski definition) is 1. The average molecular weight is 308 g/mol. The summed E-state index contributed by atoms with van der Waals surface area (Å²) < 4.78 is 25.1. The van der Waals surface area contributed by atoms with Gasteiger partial charge in [0.1, 0.15) is 0 Å². The first-order chi connectivity index (χ1) is 10.0. The lowest BCUT2D eigenvalue weighted by molar-refractivity contribution is 0.267. The maximum absolute atomic E-state index is 11.7. The smallest absolute Gasteiger partial charge is 0.211 e. The molecule has 1 N–H and O–H groups in total. The van der Waals surface area contributed by atoms with Gasteiger partial charge in [-0.3, -0.25) is 0 Å². The fourth-order valence-electron chi connectivity index (χ4n) is 3.56. The lowest BCUT2D eigenvalue weighted by Crippen LogP contribution is -2.39. The molecule has 1 aromatic carbocycles. The molecule has 3 rings (SSSR count). The number of nitrogens with one attached hydrogen (secondary N) is 1. The van der Waals surface area contributed by atoms with Crippen LogP contribution >= 0.6 is 0 Å². The highest BCUT2D eigenvalue weighted by atomic mass is 32.2. The lowest BCUT2D eigenvalue weighted by atomic mass is 9.89. The molecule has 1 atom stereocenters. The van der Waals surface area contributed by atoms with Crippen LogP contribution in [0.25, 0.3) is 0 Å². The Morgan fingerprint density at radius 3 is 3.00 bits per heavy atom. The maximum Gasteiger partial charge on any atom is 0.211 e. The van der Waals surface area contributed by atoms with Crippen molar-refractivity contribution in [2.24, 2.45) is 5.92 Å². The molecule has 2 aliphatic rings. The van der Waals surface area contributed by atoms with E-state index >= 15 is 0 Å². The number of nitrogens with zero attached hydrogens (tertiary/aromatic N) is 1. The van der Waals surface area contributed by atoms with Gasteiger partial charge in [0.2, 0.25) is 10.0 Å². The molecule has 0 aromatic heterocycles. The van der Waals surface area contributed by atoms with Crippen molar-refractivity contribution in [2.45, 2.75) is 32.1 Å². The van der Waals surface area contributed by atoms with Crippen LogP contribution in [0.15, 0.2) is 18.2 Å². The SMILES string of the molecule is CS(=O)(=O)N1CCCC(Cc2cccc3c2NCCC3)C1. The van der Waals surface area contributed by atoms with Crippen molar-refractivity contribution >= 4 is 15.7 Å². The van der Waals surface area contributed by atoms with E-state index in [0.29, 0.717) is 19.0 Å². The summed E-state index contributed by atoms with van der Waals surface area (Å²) in [4.78, 5) is 0. The van der Waals surface area contributed by atoms with Gasteiger partial charge in [0.05, 0.1) is 6.26 Å². The molecule has 21 heavy (non-hydrogen) atoms. The molecule has 0 aliphatic carbocycles. The predicted octanol–water partition coefficient (Wildman–Crippen LogP) is 2.26. The van der Waals surface area contributed by atoms with Crippen molar-refractivity contribution in [3.8, 4) is 0 Å². The van der Waals surface area contributed by atoms with Gasteiger partial charge in [0.15, 0.2) is 0 Å². The summed E-state index contributed by atoms with van der Waals surface area (Å²) in [7, 11) is -3.05. The Balaban J connectivity index is 1.75. The molecule has 0 bridgehead atoms. The minimum absolute atomic E-state index is 0.434. The molecule has 0 saturated carbocycles. The van der Waals surface area contributed by atoms with Crippen LogP contribution in [-0.2, 0) is 22.9 Å². The highest BCUT2D eigenvalue weighted by Crippen LogP contribution is 2.30. The van der Waals surface area contributed by atoms with Gasteiger partial charge in [-0.2, -0.15) is 0 Å². The summed E-state index contributed by atoms with van der Waals surface area (Å²) in [5, 5.41) is 3.53. The minimum atomic E-state index is -3.05. The van der Waals surface area contributed by atoms with E-state index in [4.69, 9.17) is 0 Å². The van der Waals surface area contributed by atoms with E-state index in [-0.39, 0.29) is 0 Å². The van der Waals surface area contributed by atoms with Crippen LogP contribution in [0.3, 0.4) is 0 Å². The standard InChI is InChI=1S/C16H24N2O2S/c1-21(19,20)18-10-4-5-13(12-18)11-15-7-2-6-14-8-3-9-17-16(14)15/h2,6-7,13,17H,3-5,8-12H2,1H3. The van der Waals surface area contributed by atoms with Crippen LogP contribution in [0.1, 0.15) is 30.4 Å². The highest BCUT2D eigenvalue weighted by Gasteiger charge is 2.26. The fourth-order valence-corrected chi connectivity index (χ4v) is 4.50. The molecule has 2 heterocycles. The Kier molecular flexibility index (Phi) is 4.22. The third-order valence-electron chi connectivity index (χ3n) is 4.62. The molecular weight excluding hydrogens is 284 g/mol. The second-order valence-corrected chi connectivity index (χ2v) is 8.30. The molecule has 2 aliphatic heterocycles. The molecule has 0 radical (unpaired) electrons. The van der Waals surface area contributed by atoms with Crippen molar-refractivity contribution in [1.82, 2.24) is 4.31 Å². The summed E-state index contributed by atoms with van der Waals surface area (Å²) >= 11 is 0. The monoisotopic (exact) mass is 308 g/mol. The van der Waals surface area contributed by atoms with E-state index in [1.54, 1.807) is 4.31 Å². The number of anilines is 1. The number of para-hydroxylation sites is 1. The van der Waals surface area contributed by atoms with E-state index in [9.17, 15) is 8.42 Å². The molecule has 4 nitrogen and oxygen atoms in total. The normalized spacial score (nSPS) is 23.4. The van der Waals surface area contributed by atoms with Gasteiger partial charge >= 0.3 is 0 Å². The van der Waals surface area contributed by atoms with E-state index in [2.05, 4.69) is 23.5 Å². The second-order valence-electron chi connectivity index (χ2n) is 6.31. The van der Waals surface area contributed by atoms with Crippen molar-refractivity contribution < 1.29 is 8.42 Å². The number of rotatable bonds is 3. The van der Waals surface area contributed by atoms with Crippen LogP contribution in [-0.4, -0.2) is 38.6 Å². The lowest BCUT2D eigenvalue weighted by Gasteiger charge is -2.32. The Hall–Kier alpha value is -1.07. The molecule has 0 amide bonds. The predicted molar refractivity (Wildman–Crippen MR) is 86.1 cm³/mol. The van der Waals surface area contributed by atoms with Gasteiger partial charge in [-0.05, 0) is 49.1 Å². The molecular formula is C16H24N2O2S. The molecule has 1 saturated heterocycles. The third kappa shape index (κ3) is 3.40. The number of hydrogen-bond acceptors (Lipinski definition) is 3. The summed E-state index contributed by atoms with van der Waals surface area (Å²) in [5.74, 6) is 0.434. The van der Waals surface area contributed by atoms with Gasteiger partial charge < -0.3 is 5.32 Å². The van der Waals surface area contributed by atoms with E-state index in [1.807, 2.05) is 0 Å². The highest BCUT2D eigenvalue weighted by molar-refractivity contribution is 7.88. The quantitative estimate of drug-likeness (QED) is 0.932. The van der Waals surface area contributed by atoms with E-state index < -0.39 is 10.0 Å². The summed E-state index contributed by atoms with van der Waals surface area (Å²) in [6.07, 6.45) is 6.73. The van der Waals surface area contributed by atoms with Crippen molar-refractivity contribution in [2.75, 3.05) is 31.2 Å². The Labute approximate surface area is 127 Å². The van der Waals surface area contributed by atoms with Crippen molar-refractivity contribution in [3.63, 3.8) is 0 Å². The van der Waals surface area contributed by atoms with E-state index in [0.717, 1.165) is 32.2 Å². The molecule has 1 unspecified atom stereocenters. The zero-order valence-corrected chi connectivity index (χ0v) is 13.5. The molecule has 0 spiro atoms. The van der Waals surface area contributed by atoms with Crippen LogP contribution in [0.4, 0.5) is 5.69 Å². The minimum Gasteiger partial charge on any atom is -0.385 e. The number of sulfonamides is 1. The summed E-state index contributed by atoms with van der Waals surface area (Å²) in [5.41, 5.74) is 4.07. The van der Waals surface area contributed by atoms with E-state index in [1.165, 1.54) is 29.5 Å². The van der Waals surface area contributed by atoms with Gasteiger partial charge in [-0.15, -0.1) is 0 Å². The number of fused-ring (bicyclic) bond motifs is 1.